The molecule has 2 aromatic rings. The largest absolute Gasteiger partial charge is 0.337 e. The third-order valence-corrected chi connectivity index (χ3v) is 4.76. The van der Waals surface area contributed by atoms with Crippen molar-refractivity contribution in [2.45, 2.75) is 13.0 Å². The van der Waals surface area contributed by atoms with Gasteiger partial charge in [-0.25, -0.2) is 0 Å². The molecule has 0 radical (unpaired) electrons. The number of hydrogen-bond acceptors (Lipinski definition) is 5. The fourth-order valence-corrected chi connectivity index (χ4v) is 3.40. The first-order valence-corrected chi connectivity index (χ1v) is 7.83. The molecule has 3 heterocycles. The fourth-order valence-electron chi connectivity index (χ4n) is 2.07. The predicted molar refractivity (Wildman–Crippen MR) is 82.1 cm³/mol. The third kappa shape index (κ3) is 2.52. The van der Waals surface area contributed by atoms with E-state index in [1.165, 1.54) is 2.88 Å². The van der Waals surface area contributed by atoms with Crippen LogP contribution in [0.4, 0.5) is 5.95 Å². The number of aromatic nitrogens is 3. The Balaban J connectivity index is 1.80. The lowest BCUT2D eigenvalue weighted by Crippen LogP contribution is -2.49. The zero-order chi connectivity index (χ0) is 12.5. The van der Waals surface area contributed by atoms with E-state index in [4.69, 9.17) is 0 Å². The van der Waals surface area contributed by atoms with Gasteiger partial charge in [0.05, 0.1) is 2.88 Å². The average molecular weight is 375 g/mol. The van der Waals surface area contributed by atoms with E-state index in [9.17, 15) is 0 Å². The Morgan fingerprint density at radius 1 is 1.56 bits per heavy atom. The zero-order valence-electron chi connectivity index (χ0n) is 9.98. The van der Waals surface area contributed by atoms with Crippen LogP contribution in [0.2, 0.25) is 0 Å². The molecule has 0 bridgehead atoms. The maximum absolute atomic E-state index is 4.59. The Bertz CT molecular complexity index is 537. The number of halogens is 1. The topological polar surface area (TPSA) is 56.8 Å². The number of rotatable bonds is 2. The summed E-state index contributed by atoms with van der Waals surface area (Å²) in [5.41, 5.74) is 1.12. The van der Waals surface area contributed by atoms with E-state index >= 15 is 0 Å². The van der Waals surface area contributed by atoms with Gasteiger partial charge in [0.1, 0.15) is 0 Å². The molecule has 18 heavy (non-hydrogen) atoms. The van der Waals surface area contributed by atoms with Crippen molar-refractivity contribution in [3.05, 3.63) is 14.3 Å². The van der Waals surface area contributed by atoms with E-state index in [0.717, 1.165) is 37.0 Å². The van der Waals surface area contributed by atoms with E-state index in [1.54, 1.807) is 11.3 Å². The summed E-state index contributed by atoms with van der Waals surface area (Å²) in [6, 6.07) is 2.61. The van der Waals surface area contributed by atoms with Gasteiger partial charge in [0.2, 0.25) is 5.95 Å². The summed E-state index contributed by atoms with van der Waals surface area (Å²) in [7, 11) is 0. The van der Waals surface area contributed by atoms with Gasteiger partial charge in [-0.3, -0.25) is 5.10 Å². The Kier molecular flexibility index (Phi) is 3.53. The van der Waals surface area contributed by atoms with Gasteiger partial charge in [0.15, 0.2) is 5.82 Å². The van der Waals surface area contributed by atoms with Gasteiger partial charge in [-0.15, -0.1) is 16.4 Å². The highest BCUT2D eigenvalue weighted by Crippen LogP contribution is 2.25. The second kappa shape index (κ2) is 5.14. The van der Waals surface area contributed by atoms with Gasteiger partial charge in [0, 0.05) is 36.6 Å². The summed E-state index contributed by atoms with van der Waals surface area (Å²) < 4.78 is 1.26. The lowest BCUT2D eigenvalue weighted by atomic mass is 10.2. The Hall–Kier alpha value is -0.670. The van der Waals surface area contributed by atoms with Crippen LogP contribution >= 0.6 is 33.9 Å². The van der Waals surface area contributed by atoms with E-state index in [-0.39, 0.29) is 0 Å². The second-order valence-electron chi connectivity index (χ2n) is 4.42. The highest BCUT2D eigenvalue weighted by molar-refractivity contribution is 14.1. The van der Waals surface area contributed by atoms with Gasteiger partial charge in [-0.05, 0) is 35.6 Å². The molecule has 1 saturated heterocycles. The van der Waals surface area contributed by atoms with Crippen molar-refractivity contribution in [3.63, 3.8) is 0 Å². The highest BCUT2D eigenvalue weighted by atomic mass is 127. The predicted octanol–water partition coefficient (Wildman–Crippen LogP) is 1.94. The van der Waals surface area contributed by atoms with Crippen LogP contribution in [-0.4, -0.2) is 40.9 Å². The van der Waals surface area contributed by atoms with Crippen LogP contribution in [-0.2, 0) is 0 Å². The minimum atomic E-state index is 0.489. The van der Waals surface area contributed by atoms with Gasteiger partial charge in [-0.2, -0.15) is 4.98 Å². The number of nitrogens with one attached hydrogen (secondary N) is 2. The molecule has 0 aliphatic carbocycles. The van der Waals surface area contributed by atoms with Crippen molar-refractivity contribution in [2.24, 2.45) is 0 Å². The normalized spacial score (nSPS) is 20.3. The summed E-state index contributed by atoms with van der Waals surface area (Å²) in [4.78, 5) is 6.81. The van der Waals surface area contributed by atoms with Crippen molar-refractivity contribution in [1.82, 2.24) is 20.5 Å². The van der Waals surface area contributed by atoms with Crippen molar-refractivity contribution in [1.29, 1.82) is 0 Å². The molecule has 1 fully saturated rings. The molecule has 2 aromatic heterocycles. The molecule has 5 nitrogen and oxygen atoms in total. The fraction of sp³-hybridized carbons (Fsp3) is 0.455. The molecule has 1 atom stereocenters. The molecule has 0 aromatic carbocycles. The van der Waals surface area contributed by atoms with Crippen LogP contribution < -0.4 is 10.2 Å². The molecule has 2 N–H and O–H groups in total. The Morgan fingerprint density at radius 3 is 3.17 bits per heavy atom. The molecular formula is C11H14IN5S. The first-order valence-electron chi connectivity index (χ1n) is 5.87. The van der Waals surface area contributed by atoms with Crippen molar-refractivity contribution >= 4 is 39.9 Å². The maximum atomic E-state index is 4.59. The summed E-state index contributed by atoms with van der Waals surface area (Å²) in [6.07, 6.45) is 0. The molecule has 1 aliphatic rings. The first-order chi connectivity index (χ1) is 8.72. The number of aromatic amines is 1. The number of piperazine rings is 1. The van der Waals surface area contributed by atoms with Gasteiger partial charge < -0.3 is 10.2 Å². The quantitative estimate of drug-likeness (QED) is 0.788. The lowest BCUT2D eigenvalue weighted by Gasteiger charge is -2.30. The summed E-state index contributed by atoms with van der Waals surface area (Å²) >= 11 is 4.04. The Morgan fingerprint density at radius 2 is 2.44 bits per heavy atom. The molecule has 1 aliphatic heterocycles. The smallest absolute Gasteiger partial charge is 0.245 e. The molecular weight excluding hydrogens is 361 g/mol. The number of anilines is 1. The Labute approximate surface area is 123 Å². The average Bonchev–Trinajstić information content (AvgIpc) is 2.97. The van der Waals surface area contributed by atoms with Crippen LogP contribution in [0.25, 0.3) is 11.4 Å². The van der Waals surface area contributed by atoms with E-state index < -0.39 is 0 Å². The number of hydrogen-bond donors (Lipinski definition) is 2. The zero-order valence-corrected chi connectivity index (χ0v) is 13.0. The van der Waals surface area contributed by atoms with Crippen LogP contribution in [0.3, 0.4) is 0 Å². The SMILES string of the molecule is C[C@@H]1CN(c2n[nH]c(-c3csc(I)c3)n2)CCN1. The minimum absolute atomic E-state index is 0.489. The van der Waals surface area contributed by atoms with Crippen LogP contribution in [0.1, 0.15) is 6.92 Å². The minimum Gasteiger partial charge on any atom is -0.337 e. The molecule has 0 saturated carbocycles. The summed E-state index contributed by atoms with van der Waals surface area (Å²) in [5.74, 6) is 1.66. The maximum Gasteiger partial charge on any atom is 0.245 e. The van der Waals surface area contributed by atoms with Gasteiger partial charge in [-0.1, -0.05) is 0 Å². The van der Waals surface area contributed by atoms with Gasteiger partial charge >= 0.3 is 0 Å². The van der Waals surface area contributed by atoms with E-state index in [2.05, 4.69) is 66.4 Å². The van der Waals surface area contributed by atoms with E-state index in [0.29, 0.717) is 6.04 Å². The number of nitrogens with zero attached hydrogens (tertiary/aromatic N) is 3. The summed E-state index contributed by atoms with van der Waals surface area (Å²) in [5, 5.41) is 12.9. The van der Waals surface area contributed by atoms with Crippen LogP contribution in [0.15, 0.2) is 11.4 Å². The highest BCUT2D eigenvalue weighted by Gasteiger charge is 2.19. The van der Waals surface area contributed by atoms with E-state index in [1.807, 2.05) is 0 Å². The van der Waals surface area contributed by atoms with Crippen LogP contribution in [0.5, 0.6) is 0 Å². The lowest BCUT2D eigenvalue weighted by molar-refractivity contribution is 0.480. The van der Waals surface area contributed by atoms with Crippen molar-refractivity contribution in [2.75, 3.05) is 24.5 Å². The molecule has 96 valence electrons. The first kappa shape index (κ1) is 12.4. The van der Waals surface area contributed by atoms with Crippen molar-refractivity contribution in [3.8, 4) is 11.4 Å². The molecule has 0 unspecified atom stereocenters. The third-order valence-electron chi connectivity index (χ3n) is 2.97. The second-order valence-corrected chi connectivity index (χ2v) is 7.23. The monoisotopic (exact) mass is 375 g/mol. The number of thiophene rings is 1. The molecule has 0 amide bonds. The van der Waals surface area contributed by atoms with Gasteiger partial charge in [0.25, 0.3) is 0 Å². The van der Waals surface area contributed by atoms with Crippen LogP contribution in [0, 0.1) is 2.88 Å². The number of H-pyrrole nitrogens is 1. The molecule has 7 heteroatoms. The summed E-state index contributed by atoms with van der Waals surface area (Å²) in [6.45, 7) is 5.09. The molecule has 3 rings (SSSR count). The standard InChI is InChI=1S/C11H14IN5S/c1-7-5-17(3-2-13-7)11-14-10(15-16-11)8-4-9(12)18-6-8/h4,6-7,13H,2-3,5H2,1H3,(H,14,15,16)/t7-/m1/s1. The molecule has 0 spiro atoms. The van der Waals surface area contributed by atoms with Crippen molar-refractivity contribution < 1.29 is 0 Å².